The molecule has 2 saturated heterocycles. The number of ether oxygens (including phenoxy) is 2. The molecule has 0 saturated carbocycles. The first-order valence-electron chi connectivity index (χ1n) is 9.25. The molecule has 2 aliphatic heterocycles. The Morgan fingerprint density at radius 1 is 1.21 bits per heavy atom. The SMILES string of the molecule is COc1ccc2sc(OC3CCN(C(=O)CN4C(=O)CCC4=O)CC3)nc2c1. The van der Waals surface area contributed by atoms with Crippen LogP contribution in [0.15, 0.2) is 18.2 Å². The number of fused-ring (bicyclic) bond motifs is 1. The number of benzene rings is 1. The minimum absolute atomic E-state index is 0.0124. The van der Waals surface area contributed by atoms with Gasteiger partial charge in [-0.25, -0.2) is 4.98 Å². The molecule has 148 valence electrons. The van der Waals surface area contributed by atoms with Crippen LogP contribution in [0.1, 0.15) is 25.7 Å². The Hall–Kier alpha value is -2.68. The highest BCUT2D eigenvalue weighted by molar-refractivity contribution is 7.20. The highest BCUT2D eigenvalue weighted by Crippen LogP contribution is 2.32. The summed E-state index contributed by atoms with van der Waals surface area (Å²) in [7, 11) is 1.62. The summed E-state index contributed by atoms with van der Waals surface area (Å²) in [6.07, 6.45) is 1.77. The number of nitrogens with zero attached hydrogens (tertiary/aromatic N) is 3. The van der Waals surface area contributed by atoms with E-state index in [2.05, 4.69) is 4.98 Å². The molecule has 0 N–H and O–H groups in total. The number of piperidine rings is 1. The smallest absolute Gasteiger partial charge is 0.274 e. The quantitative estimate of drug-likeness (QED) is 0.708. The van der Waals surface area contributed by atoms with Crippen LogP contribution in [0.5, 0.6) is 10.9 Å². The van der Waals surface area contributed by atoms with E-state index in [1.807, 2.05) is 18.2 Å². The van der Waals surface area contributed by atoms with Crippen LogP contribution in [0, 0.1) is 0 Å². The third-order valence-corrected chi connectivity index (χ3v) is 6.01. The second-order valence-corrected chi connectivity index (χ2v) is 7.88. The number of hydrogen-bond donors (Lipinski definition) is 0. The molecule has 0 spiro atoms. The third-order valence-electron chi connectivity index (χ3n) is 5.09. The molecule has 2 fully saturated rings. The molecule has 0 atom stereocenters. The fourth-order valence-electron chi connectivity index (χ4n) is 3.46. The maximum absolute atomic E-state index is 12.4. The first kappa shape index (κ1) is 18.7. The van der Waals surface area contributed by atoms with Gasteiger partial charge in [0, 0.05) is 44.8 Å². The molecule has 28 heavy (non-hydrogen) atoms. The largest absolute Gasteiger partial charge is 0.497 e. The van der Waals surface area contributed by atoms with Crippen molar-refractivity contribution >= 4 is 39.3 Å². The number of rotatable bonds is 5. The molecule has 4 rings (SSSR count). The van der Waals surface area contributed by atoms with Gasteiger partial charge in [-0.2, -0.15) is 0 Å². The summed E-state index contributed by atoms with van der Waals surface area (Å²) in [4.78, 5) is 43.0. The van der Waals surface area contributed by atoms with Crippen molar-refractivity contribution in [3.05, 3.63) is 18.2 Å². The second-order valence-electron chi connectivity index (χ2n) is 6.89. The number of thiazole rings is 1. The molecule has 3 amide bonds. The van der Waals surface area contributed by atoms with E-state index in [1.54, 1.807) is 12.0 Å². The van der Waals surface area contributed by atoms with Crippen molar-refractivity contribution in [2.75, 3.05) is 26.7 Å². The van der Waals surface area contributed by atoms with Gasteiger partial charge < -0.3 is 14.4 Å². The first-order chi connectivity index (χ1) is 13.5. The number of methoxy groups -OCH3 is 1. The highest BCUT2D eigenvalue weighted by atomic mass is 32.1. The van der Waals surface area contributed by atoms with Gasteiger partial charge in [0.05, 0.1) is 17.3 Å². The Kier molecular flexibility index (Phi) is 5.17. The summed E-state index contributed by atoms with van der Waals surface area (Å²) in [5.41, 5.74) is 0.840. The number of hydrogen-bond acceptors (Lipinski definition) is 7. The molecule has 9 heteroatoms. The first-order valence-corrected chi connectivity index (χ1v) is 10.1. The third kappa shape index (κ3) is 3.80. The zero-order chi connectivity index (χ0) is 19.7. The van der Waals surface area contributed by atoms with Gasteiger partial charge in [-0.15, -0.1) is 0 Å². The second kappa shape index (κ2) is 7.75. The standard InChI is InChI=1S/C19H21N3O5S/c1-26-13-2-3-15-14(10-13)20-19(28-15)27-12-6-8-21(9-7-12)18(25)11-22-16(23)4-5-17(22)24/h2-3,10,12H,4-9,11H2,1H3. The number of carbonyl (C=O) groups excluding carboxylic acids is 3. The van der Waals surface area contributed by atoms with E-state index >= 15 is 0 Å². The Morgan fingerprint density at radius 3 is 2.61 bits per heavy atom. The summed E-state index contributed by atoms with van der Waals surface area (Å²) in [5.74, 6) is 0.0494. The van der Waals surface area contributed by atoms with Crippen LogP contribution in [0.2, 0.25) is 0 Å². The number of carbonyl (C=O) groups is 3. The van der Waals surface area contributed by atoms with Crippen LogP contribution >= 0.6 is 11.3 Å². The van der Waals surface area contributed by atoms with Crippen LogP contribution in [-0.2, 0) is 14.4 Å². The van der Waals surface area contributed by atoms with Gasteiger partial charge in [0.2, 0.25) is 17.7 Å². The molecule has 0 radical (unpaired) electrons. The van der Waals surface area contributed by atoms with Crippen LogP contribution in [0.25, 0.3) is 10.2 Å². The minimum atomic E-state index is -0.260. The molecule has 1 aromatic heterocycles. The molecule has 0 bridgehead atoms. The van der Waals surface area contributed by atoms with Gasteiger partial charge in [-0.05, 0) is 12.1 Å². The molecule has 1 aromatic carbocycles. The van der Waals surface area contributed by atoms with Crippen molar-refractivity contribution < 1.29 is 23.9 Å². The van der Waals surface area contributed by atoms with Crippen LogP contribution < -0.4 is 9.47 Å². The monoisotopic (exact) mass is 403 g/mol. The number of likely N-dealkylation sites (tertiary alicyclic amines) is 2. The molecule has 8 nitrogen and oxygen atoms in total. The van der Waals surface area contributed by atoms with Gasteiger partial charge in [-0.3, -0.25) is 19.3 Å². The minimum Gasteiger partial charge on any atom is -0.497 e. The van der Waals surface area contributed by atoms with Crippen LogP contribution in [-0.4, -0.2) is 65.4 Å². The lowest BCUT2D eigenvalue weighted by atomic mass is 10.1. The van der Waals surface area contributed by atoms with Crippen molar-refractivity contribution in [2.24, 2.45) is 0 Å². The van der Waals surface area contributed by atoms with E-state index in [-0.39, 0.29) is 43.2 Å². The van der Waals surface area contributed by atoms with Gasteiger partial charge >= 0.3 is 0 Å². The molecule has 2 aromatic rings. The van der Waals surface area contributed by atoms with E-state index < -0.39 is 0 Å². The average Bonchev–Trinajstić information content (AvgIpc) is 3.25. The fraction of sp³-hybridized carbons (Fsp3) is 0.474. The maximum Gasteiger partial charge on any atom is 0.274 e. The van der Waals surface area contributed by atoms with Gasteiger partial charge in [0.25, 0.3) is 5.19 Å². The zero-order valence-electron chi connectivity index (χ0n) is 15.6. The Bertz CT molecular complexity index is 903. The lowest BCUT2D eigenvalue weighted by Crippen LogP contribution is -2.47. The molecule has 0 unspecified atom stereocenters. The number of amides is 3. The topological polar surface area (TPSA) is 89.0 Å². The van der Waals surface area contributed by atoms with E-state index in [0.717, 1.165) is 20.9 Å². The number of aromatic nitrogens is 1. The molecular weight excluding hydrogens is 382 g/mol. The summed E-state index contributed by atoms with van der Waals surface area (Å²) in [6, 6.07) is 5.73. The summed E-state index contributed by atoms with van der Waals surface area (Å²) < 4.78 is 12.3. The van der Waals surface area contributed by atoms with Crippen molar-refractivity contribution in [1.29, 1.82) is 0 Å². The zero-order valence-corrected chi connectivity index (χ0v) is 16.4. The summed E-state index contributed by atoms with van der Waals surface area (Å²) in [6.45, 7) is 0.930. The van der Waals surface area contributed by atoms with Crippen molar-refractivity contribution in [3.8, 4) is 10.9 Å². The Balaban J connectivity index is 1.31. The van der Waals surface area contributed by atoms with E-state index in [0.29, 0.717) is 31.1 Å². The normalized spacial score (nSPS) is 18.2. The lowest BCUT2D eigenvalue weighted by Gasteiger charge is -2.32. The van der Waals surface area contributed by atoms with Gasteiger partial charge in [0.1, 0.15) is 18.4 Å². The van der Waals surface area contributed by atoms with Gasteiger partial charge in [0.15, 0.2) is 0 Å². The molecule has 3 heterocycles. The molecule has 2 aliphatic rings. The fourth-order valence-corrected chi connectivity index (χ4v) is 4.33. The Morgan fingerprint density at radius 2 is 1.93 bits per heavy atom. The maximum atomic E-state index is 12.4. The van der Waals surface area contributed by atoms with Crippen LogP contribution in [0.3, 0.4) is 0 Å². The van der Waals surface area contributed by atoms with E-state index in [9.17, 15) is 14.4 Å². The van der Waals surface area contributed by atoms with Crippen molar-refractivity contribution in [1.82, 2.24) is 14.8 Å². The van der Waals surface area contributed by atoms with E-state index in [1.165, 1.54) is 11.3 Å². The van der Waals surface area contributed by atoms with Crippen LogP contribution in [0.4, 0.5) is 0 Å². The van der Waals surface area contributed by atoms with Crippen molar-refractivity contribution in [3.63, 3.8) is 0 Å². The summed E-state index contributed by atoms with van der Waals surface area (Å²) in [5, 5.41) is 0.612. The number of imide groups is 1. The van der Waals surface area contributed by atoms with Crippen molar-refractivity contribution in [2.45, 2.75) is 31.8 Å². The van der Waals surface area contributed by atoms with E-state index in [4.69, 9.17) is 9.47 Å². The summed E-state index contributed by atoms with van der Waals surface area (Å²) >= 11 is 1.49. The predicted molar refractivity (Wildman–Crippen MR) is 102 cm³/mol. The highest BCUT2D eigenvalue weighted by Gasteiger charge is 2.33. The lowest BCUT2D eigenvalue weighted by molar-refractivity contribution is -0.146. The molecule has 0 aliphatic carbocycles. The predicted octanol–water partition coefficient (Wildman–Crippen LogP) is 1.82. The molecular formula is C19H21N3O5S. The van der Waals surface area contributed by atoms with Gasteiger partial charge in [-0.1, -0.05) is 11.3 Å². The average molecular weight is 403 g/mol. The Labute approximate surface area is 166 Å².